The number of para-hydroxylation sites is 1. The zero-order valence-electron chi connectivity index (χ0n) is 10.0. The number of hydrogen-bond donors (Lipinski definition) is 1. The van der Waals surface area contributed by atoms with E-state index in [0.717, 1.165) is 11.8 Å². The summed E-state index contributed by atoms with van der Waals surface area (Å²) in [5, 5.41) is 0.611. The summed E-state index contributed by atoms with van der Waals surface area (Å²) in [4.78, 5) is 26.3. The van der Waals surface area contributed by atoms with E-state index in [1.165, 1.54) is 6.20 Å². The highest BCUT2D eigenvalue weighted by Gasteiger charge is 2.21. The molecule has 0 aliphatic carbocycles. The molecule has 0 bridgehead atoms. The molecule has 7 heteroatoms. The fourth-order valence-corrected chi connectivity index (χ4v) is 1.96. The molecule has 0 aliphatic heterocycles. The maximum atomic E-state index is 11.9. The van der Waals surface area contributed by atoms with Crippen molar-refractivity contribution in [3.63, 3.8) is 0 Å². The number of nitrogens with one attached hydrogen (secondary N) is 1. The highest BCUT2D eigenvalue weighted by molar-refractivity contribution is 7.86. The van der Waals surface area contributed by atoms with Crippen LogP contribution in [-0.4, -0.2) is 37.8 Å². The molecule has 0 saturated carbocycles. The average Bonchev–Trinajstić information content (AvgIpc) is 2.78. The molecule has 0 fully saturated rings. The van der Waals surface area contributed by atoms with Crippen LogP contribution in [0.3, 0.4) is 0 Å². The topological polar surface area (TPSA) is 93.3 Å². The molecule has 100 valence electrons. The number of benzene rings is 1. The van der Waals surface area contributed by atoms with Gasteiger partial charge in [0, 0.05) is 17.1 Å². The third kappa shape index (κ3) is 3.07. The Kier molecular flexibility index (Phi) is 3.50. The van der Waals surface area contributed by atoms with Crippen molar-refractivity contribution in [3.05, 3.63) is 36.0 Å². The van der Waals surface area contributed by atoms with Crippen LogP contribution in [0.2, 0.25) is 0 Å². The monoisotopic (exact) mass is 281 g/mol. The molecule has 0 radical (unpaired) electrons. The number of rotatable bonds is 5. The predicted molar refractivity (Wildman–Crippen MR) is 68.4 cm³/mol. The molecule has 0 aliphatic rings. The van der Waals surface area contributed by atoms with Crippen LogP contribution in [0.15, 0.2) is 30.5 Å². The van der Waals surface area contributed by atoms with E-state index in [2.05, 4.69) is 9.17 Å². The summed E-state index contributed by atoms with van der Waals surface area (Å²) < 4.78 is 25.8. The Bertz CT molecular complexity index is 744. The molecule has 2 aromatic rings. The fourth-order valence-electron chi connectivity index (χ4n) is 1.64. The first-order valence-electron chi connectivity index (χ1n) is 5.36. The lowest BCUT2D eigenvalue weighted by atomic mass is 10.1. The van der Waals surface area contributed by atoms with Crippen LogP contribution < -0.4 is 0 Å². The quantitative estimate of drug-likeness (QED) is 0.499. The Morgan fingerprint density at radius 2 is 1.95 bits per heavy atom. The van der Waals surface area contributed by atoms with E-state index < -0.39 is 28.3 Å². The third-order valence-corrected chi connectivity index (χ3v) is 3.04. The molecule has 0 amide bonds. The van der Waals surface area contributed by atoms with Crippen molar-refractivity contribution in [1.82, 2.24) is 4.98 Å². The molecule has 0 atom stereocenters. The molecule has 1 heterocycles. The van der Waals surface area contributed by atoms with E-state index in [0.29, 0.717) is 5.39 Å². The normalized spacial score (nSPS) is 11.6. The van der Waals surface area contributed by atoms with Crippen molar-refractivity contribution in [2.75, 3.05) is 12.9 Å². The number of H-pyrrole nitrogens is 1. The Morgan fingerprint density at radius 3 is 2.63 bits per heavy atom. The predicted octanol–water partition coefficient (Wildman–Crippen LogP) is 0.896. The number of aromatic nitrogens is 1. The highest BCUT2D eigenvalue weighted by atomic mass is 32.2. The highest BCUT2D eigenvalue weighted by Crippen LogP contribution is 2.18. The molecular weight excluding hydrogens is 270 g/mol. The van der Waals surface area contributed by atoms with E-state index in [9.17, 15) is 18.0 Å². The van der Waals surface area contributed by atoms with Gasteiger partial charge in [-0.3, -0.25) is 13.8 Å². The van der Waals surface area contributed by atoms with Gasteiger partial charge in [-0.15, -0.1) is 0 Å². The van der Waals surface area contributed by atoms with Crippen LogP contribution in [0, 0.1) is 0 Å². The summed E-state index contributed by atoms with van der Waals surface area (Å²) in [6.45, 7) is -0.781. The van der Waals surface area contributed by atoms with E-state index in [4.69, 9.17) is 0 Å². The SMILES string of the molecule is CS(=O)(=O)OCC(=O)C(=O)c1c[nH]c2ccccc12. The van der Waals surface area contributed by atoms with Crippen LogP contribution in [0.5, 0.6) is 0 Å². The second-order valence-corrected chi connectivity index (χ2v) is 5.61. The van der Waals surface area contributed by atoms with Gasteiger partial charge in [-0.05, 0) is 6.07 Å². The Hall–Kier alpha value is -1.99. The van der Waals surface area contributed by atoms with Crippen molar-refractivity contribution < 1.29 is 22.2 Å². The van der Waals surface area contributed by atoms with Gasteiger partial charge in [-0.1, -0.05) is 18.2 Å². The van der Waals surface area contributed by atoms with Gasteiger partial charge in [0.05, 0.1) is 11.8 Å². The second kappa shape index (κ2) is 4.94. The van der Waals surface area contributed by atoms with Gasteiger partial charge in [0.25, 0.3) is 10.1 Å². The first-order chi connectivity index (χ1) is 8.88. The molecule has 0 unspecified atom stereocenters. The van der Waals surface area contributed by atoms with Gasteiger partial charge in [0.1, 0.15) is 6.61 Å². The van der Waals surface area contributed by atoms with Crippen LogP contribution in [0.4, 0.5) is 0 Å². The summed E-state index contributed by atoms with van der Waals surface area (Å²) in [5.74, 6) is -1.68. The van der Waals surface area contributed by atoms with E-state index in [-0.39, 0.29) is 5.56 Å². The standard InChI is InChI=1S/C12H11NO5S/c1-19(16,17)18-7-11(14)12(15)9-6-13-10-5-3-2-4-8(9)10/h2-6,13H,7H2,1H3. The van der Waals surface area contributed by atoms with Crippen LogP contribution in [0.1, 0.15) is 10.4 Å². The zero-order valence-corrected chi connectivity index (χ0v) is 10.9. The minimum atomic E-state index is -3.74. The number of Topliss-reactive ketones (excluding diaryl/α,β-unsaturated/α-hetero) is 2. The molecule has 6 nitrogen and oxygen atoms in total. The molecule has 0 saturated heterocycles. The second-order valence-electron chi connectivity index (χ2n) is 3.97. The molecule has 2 rings (SSSR count). The van der Waals surface area contributed by atoms with E-state index in [1.807, 2.05) is 0 Å². The summed E-state index contributed by atoms with van der Waals surface area (Å²) in [6.07, 6.45) is 2.24. The minimum Gasteiger partial charge on any atom is -0.360 e. The lowest BCUT2D eigenvalue weighted by molar-refractivity contribution is -0.116. The van der Waals surface area contributed by atoms with Gasteiger partial charge in [0.2, 0.25) is 11.6 Å². The maximum absolute atomic E-state index is 11.9. The third-order valence-electron chi connectivity index (χ3n) is 2.49. The average molecular weight is 281 g/mol. The van der Waals surface area contributed by atoms with Crippen LogP contribution in [0.25, 0.3) is 10.9 Å². The molecule has 19 heavy (non-hydrogen) atoms. The van der Waals surface area contributed by atoms with Gasteiger partial charge < -0.3 is 4.98 Å². The van der Waals surface area contributed by atoms with Crippen molar-refractivity contribution >= 4 is 32.6 Å². The van der Waals surface area contributed by atoms with E-state index >= 15 is 0 Å². The molecule has 1 aromatic carbocycles. The van der Waals surface area contributed by atoms with Crippen molar-refractivity contribution in [2.45, 2.75) is 0 Å². The number of hydrogen-bond acceptors (Lipinski definition) is 5. The molecule has 1 aromatic heterocycles. The van der Waals surface area contributed by atoms with Crippen molar-refractivity contribution in [3.8, 4) is 0 Å². The number of ketones is 2. The molecule has 1 N–H and O–H groups in total. The van der Waals surface area contributed by atoms with Crippen LogP contribution >= 0.6 is 0 Å². The van der Waals surface area contributed by atoms with Gasteiger partial charge >= 0.3 is 0 Å². The maximum Gasteiger partial charge on any atom is 0.264 e. The van der Waals surface area contributed by atoms with Gasteiger partial charge in [-0.2, -0.15) is 8.42 Å². The summed E-state index contributed by atoms with van der Waals surface area (Å²) in [7, 11) is -3.74. The first-order valence-corrected chi connectivity index (χ1v) is 7.18. The van der Waals surface area contributed by atoms with Gasteiger partial charge in [-0.25, -0.2) is 0 Å². The Morgan fingerprint density at radius 1 is 1.26 bits per heavy atom. The van der Waals surface area contributed by atoms with E-state index in [1.54, 1.807) is 24.3 Å². The summed E-state index contributed by atoms with van der Waals surface area (Å²) in [6, 6.07) is 7.00. The fraction of sp³-hybridized carbons (Fsp3) is 0.167. The number of fused-ring (bicyclic) bond motifs is 1. The Labute approximate surface area is 109 Å². The lowest BCUT2D eigenvalue weighted by Gasteiger charge is -2.00. The number of carbonyl (C=O) groups is 2. The Balaban J connectivity index is 2.22. The minimum absolute atomic E-state index is 0.206. The van der Waals surface area contributed by atoms with Crippen molar-refractivity contribution in [1.29, 1.82) is 0 Å². The van der Waals surface area contributed by atoms with Crippen LogP contribution in [-0.2, 0) is 19.1 Å². The summed E-state index contributed by atoms with van der Waals surface area (Å²) in [5.41, 5.74) is 0.931. The van der Waals surface area contributed by atoms with Gasteiger partial charge in [0.15, 0.2) is 0 Å². The molecule has 0 spiro atoms. The first kappa shape index (κ1) is 13.4. The smallest absolute Gasteiger partial charge is 0.264 e. The molecular formula is C12H11NO5S. The largest absolute Gasteiger partial charge is 0.360 e. The zero-order chi connectivity index (χ0) is 14.0. The number of aromatic amines is 1. The van der Waals surface area contributed by atoms with Crippen molar-refractivity contribution in [2.24, 2.45) is 0 Å². The number of carbonyl (C=O) groups excluding carboxylic acids is 2. The lowest BCUT2D eigenvalue weighted by Crippen LogP contribution is -2.21. The summed E-state index contributed by atoms with van der Waals surface area (Å²) >= 11 is 0.